The minimum absolute atomic E-state index is 0.251. The number of aliphatic hydroxyl groups is 1. The molecule has 0 saturated carbocycles. The van der Waals surface area contributed by atoms with E-state index in [-0.39, 0.29) is 17.5 Å². The van der Waals surface area contributed by atoms with Gasteiger partial charge >= 0.3 is 6.18 Å². The van der Waals surface area contributed by atoms with Crippen LogP contribution in [0.25, 0.3) is 0 Å². The van der Waals surface area contributed by atoms with Crippen molar-refractivity contribution in [1.29, 1.82) is 0 Å². The highest BCUT2D eigenvalue weighted by Crippen LogP contribution is 2.29. The van der Waals surface area contributed by atoms with E-state index in [9.17, 15) is 28.5 Å². The molecule has 5 N–H and O–H groups in total. The van der Waals surface area contributed by atoms with Gasteiger partial charge in [-0.1, -0.05) is 18.2 Å². The molecule has 148 valence electrons. The van der Waals surface area contributed by atoms with Crippen molar-refractivity contribution >= 4 is 0 Å². The standard InChI is InChI=1S/C19H23F3N2O3/c1-12(18(27)14-4-7-16(25)17(26)10-14)24-9-8-23-11-13-2-5-15(6-3-13)19(20,21)22/h2-7,10,12,18,23-27H,8-9,11H2,1H3/t12-,18-/m0/s1. The van der Waals surface area contributed by atoms with Crippen LogP contribution in [0, 0.1) is 0 Å². The average molecular weight is 384 g/mol. The van der Waals surface area contributed by atoms with Crippen LogP contribution in [0.4, 0.5) is 13.2 Å². The second kappa shape index (κ2) is 9.07. The summed E-state index contributed by atoms with van der Waals surface area (Å²) >= 11 is 0. The van der Waals surface area contributed by atoms with E-state index in [0.717, 1.165) is 17.7 Å². The van der Waals surface area contributed by atoms with Crippen molar-refractivity contribution in [3.8, 4) is 11.5 Å². The smallest absolute Gasteiger partial charge is 0.416 e. The number of aliphatic hydroxyl groups excluding tert-OH is 1. The number of rotatable bonds is 8. The zero-order chi connectivity index (χ0) is 20.0. The number of nitrogens with one attached hydrogen (secondary N) is 2. The zero-order valence-electron chi connectivity index (χ0n) is 14.8. The molecule has 0 aliphatic rings. The van der Waals surface area contributed by atoms with E-state index >= 15 is 0 Å². The summed E-state index contributed by atoms with van der Waals surface area (Å²) < 4.78 is 37.5. The van der Waals surface area contributed by atoms with Gasteiger partial charge in [0.05, 0.1) is 11.7 Å². The first-order valence-corrected chi connectivity index (χ1v) is 8.48. The van der Waals surface area contributed by atoms with Crippen LogP contribution in [-0.4, -0.2) is 34.5 Å². The van der Waals surface area contributed by atoms with Crippen molar-refractivity contribution in [2.24, 2.45) is 0 Å². The van der Waals surface area contributed by atoms with Gasteiger partial charge in [0.15, 0.2) is 11.5 Å². The van der Waals surface area contributed by atoms with Crippen molar-refractivity contribution < 1.29 is 28.5 Å². The summed E-state index contributed by atoms with van der Waals surface area (Å²) in [5.41, 5.74) is 0.551. The number of phenols is 2. The predicted molar refractivity (Wildman–Crippen MR) is 95.3 cm³/mol. The van der Waals surface area contributed by atoms with Crippen molar-refractivity contribution in [1.82, 2.24) is 10.6 Å². The average Bonchev–Trinajstić information content (AvgIpc) is 2.62. The van der Waals surface area contributed by atoms with Gasteiger partial charge in [0.25, 0.3) is 0 Å². The summed E-state index contributed by atoms with van der Waals surface area (Å²) in [6.07, 6.45) is -5.20. The Morgan fingerprint density at radius 2 is 1.63 bits per heavy atom. The van der Waals surface area contributed by atoms with Crippen LogP contribution in [0.3, 0.4) is 0 Å². The molecule has 0 aliphatic heterocycles. The Kier molecular flexibility index (Phi) is 7.06. The molecule has 0 amide bonds. The Morgan fingerprint density at radius 3 is 2.22 bits per heavy atom. The molecule has 0 spiro atoms. The maximum atomic E-state index is 12.5. The quantitative estimate of drug-likeness (QED) is 0.357. The number of hydrogen-bond acceptors (Lipinski definition) is 5. The second-order valence-corrected chi connectivity index (χ2v) is 6.31. The third-order valence-corrected chi connectivity index (χ3v) is 4.19. The highest BCUT2D eigenvalue weighted by Gasteiger charge is 2.29. The fraction of sp³-hybridized carbons (Fsp3) is 0.368. The van der Waals surface area contributed by atoms with E-state index in [2.05, 4.69) is 10.6 Å². The van der Waals surface area contributed by atoms with Crippen LogP contribution in [0.2, 0.25) is 0 Å². The third-order valence-electron chi connectivity index (χ3n) is 4.19. The Labute approximate surface area is 155 Å². The van der Waals surface area contributed by atoms with Crippen LogP contribution in [-0.2, 0) is 12.7 Å². The molecule has 27 heavy (non-hydrogen) atoms. The molecule has 2 atom stereocenters. The fourth-order valence-corrected chi connectivity index (χ4v) is 2.56. The van der Waals surface area contributed by atoms with Gasteiger partial charge in [-0.25, -0.2) is 0 Å². The SMILES string of the molecule is C[C@H](NCCNCc1ccc(C(F)(F)F)cc1)[C@H](O)c1ccc(O)c(O)c1. The first-order chi connectivity index (χ1) is 12.7. The molecular formula is C19H23F3N2O3. The topological polar surface area (TPSA) is 84.8 Å². The maximum Gasteiger partial charge on any atom is 0.416 e. The first kappa shape index (κ1) is 21.0. The molecule has 2 rings (SSSR count). The molecule has 5 nitrogen and oxygen atoms in total. The van der Waals surface area contributed by atoms with Crippen LogP contribution >= 0.6 is 0 Å². The number of benzene rings is 2. The highest BCUT2D eigenvalue weighted by molar-refractivity contribution is 5.41. The van der Waals surface area contributed by atoms with E-state index in [4.69, 9.17) is 0 Å². The van der Waals surface area contributed by atoms with Gasteiger partial charge in [-0.05, 0) is 42.3 Å². The Morgan fingerprint density at radius 1 is 0.963 bits per heavy atom. The lowest BCUT2D eigenvalue weighted by Crippen LogP contribution is -2.36. The normalized spacial score (nSPS) is 14.1. The van der Waals surface area contributed by atoms with E-state index in [1.54, 1.807) is 6.92 Å². The Hall–Kier alpha value is -2.29. The van der Waals surface area contributed by atoms with Gasteiger partial charge in [0.1, 0.15) is 0 Å². The number of halogens is 3. The zero-order valence-corrected chi connectivity index (χ0v) is 14.8. The molecule has 0 bridgehead atoms. The van der Waals surface area contributed by atoms with Gasteiger partial charge in [-0.2, -0.15) is 13.2 Å². The molecule has 0 aliphatic carbocycles. The van der Waals surface area contributed by atoms with E-state index < -0.39 is 17.8 Å². The maximum absolute atomic E-state index is 12.5. The molecule has 0 aromatic heterocycles. The summed E-state index contributed by atoms with van der Waals surface area (Å²) in [6, 6.07) is 8.83. The highest BCUT2D eigenvalue weighted by atomic mass is 19.4. The molecule has 2 aromatic rings. The minimum Gasteiger partial charge on any atom is -0.504 e. The summed E-state index contributed by atoms with van der Waals surface area (Å²) in [4.78, 5) is 0. The fourth-order valence-electron chi connectivity index (χ4n) is 2.56. The lowest BCUT2D eigenvalue weighted by atomic mass is 10.0. The molecule has 0 heterocycles. The summed E-state index contributed by atoms with van der Waals surface area (Å²) in [5.74, 6) is -0.545. The molecule has 8 heteroatoms. The monoisotopic (exact) mass is 384 g/mol. The predicted octanol–water partition coefficient (Wildman–Crippen LogP) is 2.92. The first-order valence-electron chi connectivity index (χ1n) is 8.48. The molecule has 0 fully saturated rings. The van der Waals surface area contributed by atoms with Crippen molar-refractivity contribution in [3.63, 3.8) is 0 Å². The molecule has 0 radical (unpaired) electrons. The minimum atomic E-state index is -4.33. The summed E-state index contributed by atoms with van der Waals surface area (Å²) in [5, 5.41) is 35.3. The Balaban J connectivity index is 1.72. The van der Waals surface area contributed by atoms with Gasteiger partial charge in [-0.15, -0.1) is 0 Å². The van der Waals surface area contributed by atoms with Crippen LogP contribution in [0.15, 0.2) is 42.5 Å². The van der Waals surface area contributed by atoms with Gasteiger partial charge in [0.2, 0.25) is 0 Å². The van der Waals surface area contributed by atoms with Gasteiger partial charge in [0, 0.05) is 25.7 Å². The lowest BCUT2D eigenvalue weighted by molar-refractivity contribution is -0.137. The number of aromatic hydroxyl groups is 2. The molecular weight excluding hydrogens is 361 g/mol. The van der Waals surface area contributed by atoms with Crippen molar-refractivity contribution in [3.05, 3.63) is 59.2 Å². The van der Waals surface area contributed by atoms with Crippen molar-refractivity contribution in [2.45, 2.75) is 31.8 Å². The second-order valence-electron chi connectivity index (χ2n) is 6.31. The molecule has 0 unspecified atom stereocenters. The van der Waals surface area contributed by atoms with Crippen LogP contribution in [0.1, 0.15) is 29.7 Å². The van der Waals surface area contributed by atoms with Crippen LogP contribution < -0.4 is 10.6 Å². The van der Waals surface area contributed by atoms with Gasteiger partial charge in [-0.3, -0.25) is 0 Å². The van der Waals surface area contributed by atoms with Gasteiger partial charge < -0.3 is 26.0 Å². The number of phenolic OH excluding ortho intramolecular Hbond substituents is 2. The molecule has 0 saturated heterocycles. The van der Waals surface area contributed by atoms with Crippen molar-refractivity contribution in [2.75, 3.05) is 13.1 Å². The van der Waals surface area contributed by atoms with Crippen LogP contribution in [0.5, 0.6) is 11.5 Å². The summed E-state index contributed by atoms with van der Waals surface area (Å²) in [6.45, 7) is 3.30. The number of alkyl halides is 3. The molecule has 2 aromatic carbocycles. The Bertz CT molecular complexity index is 736. The lowest BCUT2D eigenvalue weighted by Gasteiger charge is -2.21. The largest absolute Gasteiger partial charge is 0.504 e. The third kappa shape index (κ3) is 6.13. The summed E-state index contributed by atoms with van der Waals surface area (Å²) in [7, 11) is 0. The van der Waals surface area contributed by atoms with E-state index in [1.165, 1.54) is 30.3 Å². The van der Waals surface area contributed by atoms with E-state index in [0.29, 0.717) is 25.2 Å². The van der Waals surface area contributed by atoms with E-state index in [1.807, 2.05) is 0 Å². The number of hydrogen-bond donors (Lipinski definition) is 5.